The van der Waals surface area contributed by atoms with Gasteiger partial charge in [-0.2, -0.15) is 0 Å². The normalized spacial score (nSPS) is 18.7. The number of amides is 1. The zero-order valence-electron chi connectivity index (χ0n) is 12.1. The SMILES string of the molecule is CC1(CNCC(=O)Nc2ccc3c(c2)OCCO3)COC1. The summed E-state index contributed by atoms with van der Waals surface area (Å²) in [5, 5.41) is 6.01. The van der Waals surface area contributed by atoms with E-state index < -0.39 is 0 Å². The Morgan fingerprint density at radius 1 is 1.24 bits per heavy atom. The van der Waals surface area contributed by atoms with E-state index >= 15 is 0 Å². The van der Waals surface area contributed by atoms with Crippen LogP contribution in [0.5, 0.6) is 11.5 Å². The van der Waals surface area contributed by atoms with Crippen LogP contribution in [0.3, 0.4) is 0 Å². The van der Waals surface area contributed by atoms with Gasteiger partial charge in [-0.25, -0.2) is 0 Å². The molecule has 1 aromatic rings. The van der Waals surface area contributed by atoms with Crippen LogP contribution < -0.4 is 20.1 Å². The molecule has 1 fully saturated rings. The minimum atomic E-state index is -0.0736. The van der Waals surface area contributed by atoms with Crippen molar-refractivity contribution in [2.45, 2.75) is 6.92 Å². The Morgan fingerprint density at radius 2 is 2.00 bits per heavy atom. The maximum Gasteiger partial charge on any atom is 0.238 e. The van der Waals surface area contributed by atoms with Crippen molar-refractivity contribution in [3.8, 4) is 11.5 Å². The number of carbonyl (C=O) groups excluding carboxylic acids is 1. The van der Waals surface area contributed by atoms with Crippen molar-refractivity contribution in [2.75, 3.05) is 44.8 Å². The molecule has 0 spiro atoms. The summed E-state index contributed by atoms with van der Waals surface area (Å²) >= 11 is 0. The van der Waals surface area contributed by atoms with Crippen molar-refractivity contribution in [2.24, 2.45) is 5.41 Å². The van der Waals surface area contributed by atoms with Gasteiger partial charge < -0.3 is 24.8 Å². The van der Waals surface area contributed by atoms with E-state index in [4.69, 9.17) is 14.2 Å². The summed E-state index contributed by atoms with van der Waals surface area (Å²) in [5.74, 6) is 1.32. The number of anilines is 1. The first-order chi connectivity index (χ1) is 10.1. The first kappa shape index (κ1) is 14.2. The molecular formula is C15H20N2O4. The third kappa shape index (κ3) is 3.46. The lowest BCUT2D eigenvalue weighted by Gasteiger charge is -2.38. The van der Waals surface area contributed by atoms with Crippen molar-refractivity contribution in [1.29, 1.82) is 0 Å². The summed E-state index contributed by atoms with van der Waals surface area (Å²) in [5.41, 5.74) is 0.876. The smallest absolute Gasteiger partial charge is 0.238 e. The van der Waals surface area contributed by atoms with Gasteiger partial charge in [0.1, 0.15) is 13.2 Å². The van der Waals surface area contributed by atoms with Crippen LogP contribution in [-0.2, 0) is 9.53 Å². The Balaban J connectivity index is 1.48. The van der Waals surface area contributed by atoms with Crippen molar-refractivity contribution < 1.29 is 19.0 Å². The van der Waals surface area contributed by atoms with Gasteiger partial charge in [0.2, 0.25) is 5.91 Å². The zero-order chi connectivity index (χ0) is 14.7. The van der Waals surface area contributed by atoms with Gasteiger partial charge in [0, 0.05) is 23.7 Å². The second-order valence-corrected chi connectivity index (χ2v) is 5.81. The van der Waals surface area contributed by atoms with Gasteiger partial charge in [0.25, 0.3) is 0 Å². The molecule has 1 amide bonds. The molecule has 0 atom stereocenters. The Kier molecular flexibility index (Phi) is 3.98. The summed E-state index contributed by atoms with van der Waals surface area (Å²) in [7, 11) is 0. The summed E-state index contributed by atoms with van der Waals surface area (Å²) in [6.07, 6.45) is 0. The highest BCUT2D eigenvalue weighted by molar-refractivity contribution is 5.92. The molecule has 0 bridgehead atoms. The predicted molar refractivity (Wildman–Crippen MR) is 77.9 cm³/mol. The molecule has 0 radical (unpaired) electrons. The molecule has 0 unspecified atom stereocenters. The first-order valence-electron chi connectivity index (χ1n) is 7.13. The van der Waals surface area contributed by atoms with Gasteiger partial charge in [-0.15, -0.1) is 0 Å². The fourth-order valence-electron chi connectivity index (χ4n) is 2.36. The Bertz CT molecular complexity index is 528. The van der Waals surface area contributed by atoms with E-state index in [1.165, 1.54) is 0 Å². The van der Waals surface area contributed by atoms with Gasteiger partial charge in [-0.05, 0) is 12.1 Å². The number of hydrogen-bond donors (Lipinski definition) is 2. The molecule has 2 heterocycles. The van der Waals surface area contributed by atoms with E-state index in [0.717, 1.165) is 25.5 Å². The molecule has 1 aromatic carbocycles. The predicted octanol–water partition coefficient (Wildman–Crippen LogP) is 1.02. The molecule has 21 heavy (non-hydrogen) atoms. The van der Waals surface area contributed by atoms with Gasteiger partial charge in [-0.1, -0.05) is 6.92 Å². The fourth-order valence-corrected chi connectivity index (χ4v) is 2.36. The van der Waals surface area contributed by atoms with Gasteiger partial charge in [0.15, 0.2) is 11.5 Å². The average molecular weight is 292 g/mol. The van der Waals surface area contributed by atoms with Crippen molar-refractivity contribution in [3.63, 3.8) is 0 Å². The molecule has 114 valence electrons. The van der Waals surface area contributed by atoms with Gasteiger partial charge in [0.05, 0.1) is 19.8 Å². The van der Waals surface area contributed by atoms with Crippen molar-refractivity contribution >= 4 is 11.6 Å². The molecule has 6 nitrogen and oxygen atoms in total. The number of hydrogen-bond acceptors (Lipinski definition) is 5. The maximum absolute atomic E-state index is 11.9. The lowest BCUT2D eigenvalue weighted by Crippen LogP contribution is -2.48. The highest BCUT2D eigenvalue weighted by Crippen LogP contribution is 2.32. The maximum atomic E-state index is 11.9. The van der Waals surface area contributed by atoms with E-state index in [2.05, 4.69) is 17.6 Å². The fraction of sp³-hybridized carbons (Fsp3) is 0.533. The van der Waals surface area contributed by atoms with Crippen LogP contribution in [0.4, 0.5) is 5.69 Å². The summed E-state index contributed by atoms with van der Waals surface area (Å²) in [6.45, 7) is 5.80. The van der Waals surface area contributed by atoms with Crippen LogP contribution in [0.25, 0.3) is 0 Å². The van der Waals surface area contributed by atoms with Crippen LogP contribution in [-0.4, -0.2) is 45.4 Å². The second kappa shape index (κ2) is 5.91. The Hall–Kier alpha value is -1.79. The molecule has 3 rings (SSSR count). The van der Waals surface area contributed by atoms with E-state index in [9.17, 15) is 4.79 Å². The highest BCUT2D eigenvalue weighted by atomic mass is 16.6. The Morgan fingerprint density at radius 3 is 2.71 bits per heavy atom. The minimum absolute atomic E-state index is 0.0736. The van der Waals surface area contributed by atoms with Crippen LogP contribution in [0.2, 0.25) is 0 Å². The number of ether oxygens (including phenoxy) is 3. The molecule has 1 saturated heterocycles. The van der Waals surface area contributed by atoms with Crippen LogP contribution in [0, 0.1) is 5.41 Å². The van der Waals surface area contributed by atoms with E-state index in [-0.39, 0.29) is 17.9 Å². The van der Waals surface area contributed by atoms with Gasteiger partial charge >= 0.3 is 0 Å². The lowest BCUT2D eigenvalue weighted by molar-refractivity contribution is -0.117. The zero-order valence-corrected chi connectivity index (χ0v) is 12.1. The molecule has 6 heteroatoms. The molecule has 0 saturated carbocycles. The third-order valence-corrected chi connectivity index (χ3v) is 3.56. The second-order valence-electron chi connectivity index (χ2n) is 5.81. The van der Waals surface area contributed by atoms with E-state index in [0.29, 0.717) is 24.7 Å². The third-order valence-electron chi connectivity index (χ3n) is 3.56. The molecular weight excluding hydrogens is 272 g/mol. The largest absolute Gasteiger partial charge is 0.486 e. The monoisotopic (exact) mass is 292 g/mol. The summed E-state index contributed by atoms with van der Waals surface area (Å²) in [6, 6.07) is 5.41. The number of nitrogens with one attached hydrogen (secondary N) is 2. The van der Waals surface area contributed by atoms with Crippen LogP contribution in [0.15, 0.2) is 18.2 Å². The van der Waals surface area contributed by atoms with E-state index in [1.807, 2.05) is 12.1 Å². The van der Waals surface area contributed by atoms with Gasteiger partial charge in [-0.3, -0.25) is 4.79 Å². The quantitative estimate of drug-likeness (QED) is 0.848. The number of carbonyl (C=O) groups is 1. The topological polar surface area (TPSA) is 68.8 Å². The number of benzene rings is 1. The van der Waals surface area contributed by atoms with E-state index in [1.54, 1.807) is 6.07 Å². The molecule has 2 aliphatic heterocycles. The molecule has 0 aromatic heterocycles. The summed E-state index contributed by atoms with van der Waals surface area (Å²) < 4.78 is 16.1. The number of fused-ring (bicyclic) bond motifs is 1. The molecule has 2 N–H and O–H groups in total. The van der Waals surface area contributed by atoms with Crippen molar-refractivity contribution in [3.05, 3.63) is 18.2 Å². The van der Waals surface area contributed by atoms with Crippen molar-refractivity contribution in [1.82, 2.24) is 5.32 Å². The van der Waals surface area contributed by atoms with Crippen LogP contribution in [0.1, 0.15) is 6.92 Å². The van der Waals surface area contributed by atoms with Crippen LogP contribution >= 0.6 is 0 Å². The molecule has 0 aliphatic carbocycles. The average Bonchev–Trinajstić information content (AvgIpc) is 2.45. The lowest BCUT2D eigenvalue weighted by atomic mass is 9.89. The standard InChI is InChI=1S/C15H20N2O4/c1-15(9-19-10-15)8-16-7-14(18)17-11-2-3-12-13(6-11)21-5-4-20-12/h2-3,6,16H,4-5,7-10H2,1H3,(H,17,18). The Labute approximate surface area is 123 Å². The first-order valence-corrected chi connectivity index (χ1v) is 7.13. The minimum Gasteiger partial charge on any atom is -0.486 e. The molecule has 2 aliphatic rings. The highest BCUT2D eigenvalue weighted by Gasteiger charge is 2.32. The number of rotatable bonds is 5. The summed E-state index contributed by atoms with van der Waals surface area (Å²) in [4.78, 5) is 11.9.